The van der Waals surface area contributed by atoms with Gasteiger partial charge >= 0.3 is 12.1 Å². The van der Waals surface area contributed by atoms with E-state index >= 15 is 0 Å². The number of aliphatic hydroxyl groups is 1. The normalized spacial score (nSPS) is 14.8. The number of ether oxygens (including phenoxy) is 1. The Balaban J connectivity index is 3.29. The van der Waals surface area contributed by atoms with E-state index in [1.807, 2.05) is 0 Å². The molecule has 0 aliphatic rings. The highest BCUT2D eigenvalue weighted by Gasteiger charge is 2.38. The van der Waals surface area contributed by atoms with Crippen molar-refractivity contribution in [3.8, 4) is 0 Å². The lowest BCUT2D eigenvalue weighted by molar-refractivity contribution is -0.164. The van der Waals surface area contributed by atoms with Crippen LogP contribution in [0.15, 0.2) is 23.0 Å². The zero-order valence-corrected chi connectivity index (χ0v) is 10.2. The highest BCUT2D eigenvalue weighted by molar-refractivity contribution is 5.78. The molecular formula is C11H12F3NO4. The third-order valence-corrected chi connectivity index (χ3v) is 2.43. The van der Waals surface area contributed by atoms with Crippen LogP contribution in [-0.2, 0) is 22.3 Å². The van der Waals surface area contributed by atoms with Crippen molar-refractivity contribution in [3.63, 3.8) is 0 Å². The van der Waals surface area contributed by atoms with E-state index < -0.39 is 35.5 Å². The van der Waals surface area contributed by atoms with Gasteiger partial charge in [0.05, 0.1) is 13.7 Å². The summed E-state index contributed by atoms with van der Waals surface area (Å²) in [6.07, 6.45) is -4.77. The van der Waals surface area contributed by atoms with Crippen LogP contribution >= 0.6 is 0 Å². The molecule has 0 spiro atoms. The summed E-state index contributed by atoms with van der Waals surface area (Å²) in [5.41, 5.74) is -4.46. The van der Waals surface area contributed by atoms with Gasteiger partial charge in [-0.05, 0) is 13.0 Å². The van der Waals surface area contributed by atoms with E-state index in [4.69, 9.17) is 0 Å². The monoisotopic (exact) mass is 279 g/mol. The molecule has 1 aromatic heterocycles. The van der Waals surface area contributed by atoms with Gasteiger partial charge < -0.3 is 14.4 Å². The third kappa shape index (κ3) is 3.34. The van der Waals surface area contributed by atoms with Crippen LogP contribution in [0.1, 0.15) is 12.6 Å². The van der Waals surface area contributed by atoms with Crippen molar-refractivity contribution in [2.75, 3.05) is 7.11 Å². The molecule has 0 saturated carbocycles. The minimum Gasteiger partial charge on any atom is -0.467 e. The Kier molecular flexibility index (Phi) is 4.04. The molecule has 1 heterocycles. The van der Waals surface area contributed by atoms with Gasteiger partial charge in [0.25, 0.3) is 5.56 Å². The van der Waals surface area contributed by atoms with Crippen LogP contribution < -0.4 is 5.56 Å². The second kappa shape index (κ2) is 5.04. The maximum Gasteiger partial charge on any atom is 0.431 e. The Morgan fingerprint density at radius 3 is 2.47 bits per heavy atom. The Morgan fingerprint density at radius 2 is 2.00 bits per heavy atom. The largest absolute Gasteiger partial charge is 0.467 e. The molecule has 0 bridgehead atoms. The zero-order chi connectivity index (χ0) is 14.8. The molecular weight excluding hydrogens is 267 g/mol. The molecule has 8 heteroatoms. The predicted molar refractivity (Wildman–Crippen MR) is 58.3 cm³/mol. The summed E-state index contributed by atoms with van der Waals surface area (Å²) in [5.74, 6) is -1.13. The molecule has 0 radical (unpaired) electrons. The number of hydrogen-bond acceptors (Lipinski definition) is 4. The van der Waals surface area contributed by atoms with Gasteiger partial charge in [-0.3, -0.25) is 4.79 Å². The molecule has 0 amide bonds. The third-order valence-electron chi connectivity index (χ3n) is 2.43. The Labute approximate surface area is 106 Å². The molecule has 0 saturated heterocycles. The quantitative estimate of drug-likeness (QED) is 0.831. The van der Waals surface area contributed by atoms with Gasteiger partial charge in [-0.1, -0.05) is 6.07 Å². The van der Waals surface area contributed by atoms with E-state index in [0.29, 0.717) is 6.07 Å². The van der Waals surface area contributed by atoms with Crippen molar-refractivity contribution in [3.05, 3.63) is 34.2 Å². The fourth-order valence-corrected chi connectivity index (χ4v) is 1.52. The molecule has 0 fully saturated rings. The van der Waals surface area contributed by atoms with Gasteiger partial charge in [-0.15, -0.1) is 0 Å². The molecule has 5 nitrogen and oxygen atoms in total. The van der Waals surface area contributed by atoms with Crippen molar-refractivity contribution >= 4 is 5.97 Å². The summed E-state index contributed by atoms with van der Waals surface area (Å²) in [6, 6.07) is 2.55. The maximum absolute atomic E-state index is 12.7. The van der Waals surface area contributed by atoms with Crippen molar-refractivity contribution < 1.29 is 27.8 Å². The number of rotatable bonds is 3. The standard InChI is InChI=1S/C11H12F3NO4/c1-10(18,9(17)19-2)6-15-7(11(12,13)14)4-3-5-8(15)16/h3-5,18H,6H2,1-2H3. The summed E-state index contributed by atoms with van der Waals surface area (Å²) >= 11 is 0. The van der Waals surface area contributed by atoms with Crippen LogP contribution in [0, 0.1) is 0 Å². The smallest absolute Gasteiger partial charge is 0.431 e. The first-order valence-electron chi connectivity index (χ1n) is 5.17. The number of pyridine rings is 1. The average Bonchev–Trinajstić information content (AvgIpc) is 2.29. The Morgan fingerprint density at radius 1 is 1.42 bits per heavy atom. The second-order valence-corrected chi connectivity index (χ2v) is 4.10. The number of hydrogen-bond donors (Lipinski definition) is 1. The van der Waals surface area contributed by atoms with Crippen molar-refractivity contribution in [2.24, 2.45) is 0 Å². The van der Waals surface area contributed by atoms with Gasteiger partial charge in [-0.25, -0.2) is 4.79 Å². The molecule has 0 aliphatic carbocycles. The number of nitrogens with zero attached hydrogens (tertiary/aromatic N) is 1. The molecule has 1 unspecified atom stereocenters. The summed E-state index contributed by atoms with van der Waals surface area (Å²) in [4.78, 5) is 22.7. The molecule has 1 rings (SSSR count). The van der Waals surface area contributed by atoms with Crippen LogP contribution in [0.25, 0.3) is 0 Å². The Bertz CT molecular complexity index is 533. The van der Waals surface area contributed by atoms with E-state index in [1.165, 1.54) is 0 Å². The minimum absolute atomic E-state index is 0.289. The molecule has 19 heavy (non-hydrogen) atoms. The fourth-order valence-electron chi connectivity index (χ4n) is 1.52. The summed E-state index contributed by atoms with van der Waals surface area (Å²) < 4.78 is 42.7. The number of carbonyl (C=O) groups is 1. The average molecular weight is 279 g/mol. The Hall–Kier alpha value is -1.83. The molecule has 1 atom stereocenters. The predicted octanol–water partition coefficient (Wildman–Crippen LogP) is 0.791. The number of alkyl halides is 3. The SMILES string of the molecule is COC(=O)C(C)(O)Cn1c(C(F)(F)F)cccc1=O. The molecule has 1 N–H and O–H groups in total. The molecule has 0 aromatic carbocycles. The number of carbonyl (C=O) groups excluding carboxylic acids is 1. The number of methoxy groups -OCH3 is 1. The summed E-state index contributed by atoms with van der Waals surface area (Å²) in [5, 5.41) is 9.75. The summed E-state index contributed by atoms with van der Waals surface area (Å²) in [7, 11) is 0.981. The van der Waals surface area contributed by atoms with Crippen LogP contribution in [0.5, 0.6) is 0 Å². The lowest BCUT2D eigenvalue weighted by atomic mass is 10.1. The van der Waals surface area contributed by atoms with Crippen molar-refractivity contribution in [1.82, 2.24) is 4.57 Å². The topological polar surface area (TPSA) is 68.5 Å². The van der Waals surface area contributed by atoms with E-state index in [-0.39, 0.29) is 4.57 Å². The number of aromatic nitrogens is 1. The number of halogens is 3. The van der Waals surface area contributed by atoms with Gasteiger partial charge in [0.2, 0.25) is 0 Å². The second-order valence-electron chi connectivity index (χ2n) is 4.10. The van der Waals surface area contributed by atoms with E-state index in [1.54, 1.807) is 0 Å². The fraction of sp³-hybridized carbons (Fsp3) is 0.455. The number of esters is 1. The first-order valence-corrected chi connectivity index (χ1v) is 5.17. The minimum atomic E-state index is -4.77. The van der Waals surface area contributed by atoms with Crippen LogP contribution in [-0.4, -0.2) is 28.4 Å². The van der Waals surface area contributed by atoms with Crippen LogP contribution in [0.3, 0.4) is 0 Å². The van der Waals surface area contributed by atoms with E-state index in [2.05, 4.69) is 4.74 Å². The summed E-state index contributed by atoms with van der Waals surface area (Å²) in [6.45, 7) is 0.118. The molecule has 0 aliphatic heterocycles. The van der Waals surface area contributed by atoms with Gasteiger partial charge in [0, 0.05) is 6.07 Å². The highest BCUT2D eigenvalue weighted by atomic mass is 19.4. The first-order chi connectivity index (χ1) is 8.59. The molecule has 1 aromatic rings. The highest BCUT2D eigenvalue weighted by Crippen LogP contribution is 2.28. The molecule has 106 valence electrons. The van der Waals surface area contributed by atoms with E-state index in [9.17, 15) is 27.9 Å². The van der Waals surface area contributed by atoms with Crippen molar-refractivity contribution in [2.45, 2.75) is 25.2 Å². The lowest BCUT2D eigenvalue weighted by Gasteiger charge is -2.23. The van der Waals surface area contributed by atoms with E-state index in [0.717, 1.165) is 26.2 Å². The first kappa shape index (κ1) is 15.2. The van der Waals surface area contributed by atoms with Crippen molar-refractivity contribution in [1.29, 1.82) is 0 Å². The lowest BCUT2D eigenvalue weighted by Crippen LogP contribution is -2.44. The maximum atomic E-state index is 12.7. The van der Waals surface area contributed by atoms with Gasteiger partial charge in [-0.2, -0.15) is 13.2 Å². The van der Waals surface area contributed by atoms with Gasteiger partial charge in [0.15, 0.2) is 5.60 Å². The van der Waals surface area contributed by atoms with Crippen LogP contribution in [0.2, 0.25) is 0 Å². The van der Waals surface area contributed by atoms with Gasteiger partial charge in [0.1, 0.15) is 5.69 Å². The zero-order valence-electron chi connectivity index (χ0n) is 10.2. The van der Waals surface area contributed by atoms with Crippen LogP contribution in [0.4, 0.5) is 13.2 Å².